The van der Waals surface area contributed by atoms with Crippen LogP contribution < -0.4 is 0 Å². The molecule has 2 unspecified atom stereocenters. The summed E-state index contributed by atoms with van der Waals surface area (Å²) in [6.45, 7) is 0. The monoisotopic (exact) mass is 229 g/mol. The SMILES string of the molecule is O=S([O-])CC(F)(F)C(F)C(F)(F)F. The lowest BCUT2D eigenvalue weighted by molar-refractivity contribution is -0.237. The standard InChI is InChI=1S/C4H4F6O2S/c5-2(4(8,9)10)3(6,7)1-13(11)12/h2H,1H2,(H,11,12)/p-1. The first-order chi connectivity index (χ1) is 5.57. The largest absolute Gasteiger partial charge is 0.772 e. The molecule has 0 saturated carbocycles. The summed E-state index contributed by atoms with van der Waals surface area (Å²) in [6, 6.07) is 0. The fourth-order valence-corrected chi connectivity index (χ4v) is 0.930. The van der Waals surface area contributed by atoms with E-state index in [1.165, 1.54) is 0 Å². The zero-order chi connectivity index (χ0) is 10.9. The zero-order valence-corrected chi connectivity index (χ0v) is 6.59. The van der Waals surface area contributed by atoms with Gasteiger partial charge >= 0.3 is 6.18 Å². The van der Waals surface area contributed by atoms with Gasteiger partial charge < -0.3 is 4.55 Å². The van der Waals surface area contributed by atoms with E-state index in [1.807, 2.05) is 0 Å². The second-order valence-electron chi connectivity index (χ2n) is 2.11. The van der Waals surface area contributed by atoms with Crippen LogP contribution in [0.4, 0.5) is 26.3 Å². The Hall–Kier alpha value is -0.310. The number of hydrogen-bond acceptors (Lipinski definition) is 2. The minimum Gasteiger partial charge on any atom is -0.772 e. The molecule has 2 atom stereocenters. The maximum atomic E-state index is 12.1. The second-order valence-corrected chi connectivity index (χ2v) is 3.01. The number of rotatable bonds is 3. The van der Waals surface area contributed by atoms with Gasteiger partial charge in [0, 0.05) is 0 Å². The van der Waals surface area contributed by atoms with Crippen molar-refractivity contribution in [1.82, 2.24) is 0 Å². The van der Waals surface area contributed by atoms with Gasteiger partial charge in [-0.05, 0) is 11.1 Å². The smallest absolute Gasteiger partial charge is 0.425 e. The quantitative estimate of drug-likeness (QED) is 0.542. The maximum absolute atomic E-state index is 12.1. The Morgan fingerprint density at radius 1 is 1.23 bits per heavy atom. The molecule has 0 aromatic heterocycles. The lowest BCUT2D eigenvalue weighted by atomic mass is 10.2. The van der Waals surface area contributed by atoms with Crippen molar-refractivity contribution in [2.24, 2.45) is 0 Å². The third kappa shape index (κ3) is 3.94. The molecule has 80 valence electrons. The lowest BCUT2D eigenvalue weighted by Crippen LogP contribution is -2.45. The molecule has 0 rings (SSSR count). The molecule has 0 radical (unpaired) electrons. The Bertz CT molecular complexity index is 201. The first-order valence-electron chi connectivity index (χ1n) is 2.72. The maximum Gasteiger partial charge on any atom is 0.425 e. The van der Waals surface area contributed by atoms with Gasteiger partial charge in [-0.15, -0.1) is 0 Å². The van der Waals surface area contributed by atoms with Crippen LogP contribution in [-0.2, 0) is 11.1 Å². The van der Waals surface area contributed by atoms with E-state index in [9.17, 15) is 35.1 Å². The summed E-state index contributed by atoms with van der Waals surface area (Å²) >= 11 is -3.43. The van der Waals surface area contributed by atoms with Gasteiger partial charge in [0.2, 0.25) is 0 Å². The van der Waals surface area contributed by atoms with E-state index in [4.69, 9.17) is 0 Å². The molecule has 0 aromatic carbocycles. The van der Waals surface area contributed by atoms with E-state index in [1.54, 1.807) is 0 Å². The molecule has 0 bridgehead atoms. The summed E-state index contributed by atoms with van der Waals surface area (Å²) in [4.78, 5) is 0. The van der Waals surface area contributed by atoms with Crippen molar-refractivity contribution in [3.8, 4) is 0 Å². The van der Waals surface area contributed by atoms with Gasteiger partial charge in [0.05, 0.1) is 5.75 Å². The van der Waals surface area contributed by atoms with Gasteiger partial charge in [-0.25, -0.2) is 13.2 Å². The lowest BCUT2D eigenvalue weighted by Gasteiger charge is -2.23. The molecular weight excluding hydrogens is 226 g/mol. The molecule has 0 fully saturated rings. The van der Waals surface area contributed by atoms with Crippen molar-refractivity contribution in [2.75, 3.05) is 5.75 Å². The van der Waals surface area contributed by atoms with E-state index in [0.29, 0.717) is 0 Å². The van der Waals surface area contributed by atoms with E-state index >= 15 is 0 Å². The molecule has 0 amide bonds. The fourth-order valence-electron chi connectivity index (χ4n) is 0.470. The van der Waals surface area contributed by atoms with E-state index < -0.39 is 35.1 Å². The van der Waals surface area contributed by atoms with Gasteiger partial charge in [0.15, 0.2) is 0 Å². The molecule has 9 heteroatoms. The molecule has 0 aliphatic carbocycles. The normalized spacial score (nSPS) is 18.4. The van der Waals surface area contributed by atoms with Gasteiger partial charge in [0.1, 0.15) is 0 Å². The van der Waals surface area contributed by atoms with Crippen LogP contribution in [0.5, 0.6) is 0 Å². The van der Waals surface area contributed by atoms with Crippen molar-refractivity contribution >= 4 is 11.1 Å². The molecule has 0 N–H and O–H groups in total. The highest BCUT2D eigenvalue weighted by atomic mass is 32.2. The Balaban J connectivity index is 4.54. The Morgan fingerprint density at radius 3 is 1.85 bits per heavy atom. The summed E-state index contributed by atoms with van der Waals surface area (Å²) in [5.41, 5.74) is 0. The highest BCUT2D eigenvalue weighted by molar-refractivity contribution is 7.79. The van der Waals surface area contributed by atoms with Crippen molar-refractivity contribution in [1.29, 1.82) is 0 Å². The minimum atomic E-state index is -5.76. The van der Waals surface area contributed by atoms with Crippen molar-refractivity contribution < 1.29 is 35.1 Å². The fraction of sp³-hybridized carbons (Fsp3) is 1.00. The molecular formula is C4H3F6O2S-. The minimum absolute atomic E-state index is 2.19. The number of alkyl halides is 6. The van der Waals surface area contributed by atoms with Crippen LogP contribution in [0.3, 0.4) is 0 Å². The van der Waals surface area contributed by atoms with Crippen molar-refractivity contribution in [3.05, 3.63) is 0 Å². The topological polar surface area (TPSA) is 40.1 Å². The van der Waals surface area contributed by atoms with Crippen LogP contribution in [0, 0.1) is 0 Å². The molecule has 0 heterocycles. The molecule has 13 heavy (non-hydrogen) atoms. The van der Waals surface area contributed by atoms with Crippen LogP contribution in [0.25, 0.3) is 0 Å². The van der Waals surface area contributed by atoms with Gasteiger partial charge in [-0.1, -0.05) is 0 Å². The van der Waals surface area contributed by atoms with Crippen LogP contribution >= 0.6 is 0 Å². The summed E-state index contributed by atoms with van der Waals surface area (Å²) in [5.74, 6) is -7.13. The summed E-state index contributed by atoms with van der Waals surface area (Å²) in [5, 5.41) is 0. The molecule has 0 spiro atoms. The molecule has 0 saturated heterocycles. The van der Waals surface area contributed by atoms with Crippen LogP contribution in [-0.4, -0.2) is 32.8 Å². The summed E-state index contributed by atoms with van der Waals surface area (Å²) in [6.07, 6.45) is -10.2. The molecule has 0 aliphatic heterocycles. The first kappa shape index (κ1) is 12.7. The third-order valence-electron chi connectivity index (χ3n) is 0.968. The Kier molecular flexibility index (Phi) is 3.73. The van der Waals surface area contributed by atoms with Crippen LogP contribution in [0.15, 0.2) is 0 Å². The average molecular weight is 229 g/mol. The summed E-state index contributed by atoms with van der Waals surface area (Å²) < 4.78 is 89.3. The van der Waals surface area contributed by atoms with Gasteiger partial charge in [-0.2, -0.15) is 13.2 Å². The van der Waals surface area contributed by atoms with Gasteiger partial charge in [0.25, 0.3) is 12.1 Å². The van der Waals surface area contributed by atoms with E-state index in [2.05, 4.69) is 0 Å². The predicted octanol–water partition coefficient (Wildman–Crippen LogP) is 1.40. The molecule has 0 aromatic rings. The number of halogens is 6. The Morgan fingerprint density at radius 2 is 1.62 bits per heavy atom. The van der Waals surface area contributed by atoms with Gasteiger partial charge in [-0.3, -0.25) is 4.21 Å². The average Bonchev–Trinajstić information content (AvgIpc) is 1.80. The number of hydrogen-bond donors (Lipinski definition) is 0. The van der Waals surface area contributed by atoms with Crippen LogP contribution in [0.2, 0.25) is 0 Å². The third-order valence-corrected chi connectivity index (χ3v) is 1.59. The van der Waals surface area contributed by atoms with Crippen molar-refractivity contribution in [3.63, 3.8) is 0 Å². The first-order valence-corrected chi connectivity index (χ1v) is 3.96. The van der Waals surface area contributed by atoms with Crippen molar-refractivity contribution in [2.45, 2.75) is 18.3 Å². The summed E-state index contributed by atoms with van der Waals surface area (Å²) in [7, 11) is 0. The highest BCUT2D eigenvalue weighted by Gasteiger charge is 2.56. The Labute approximate surface area is 71.2 Å². The molecule has 2 nitrogen and oxygen atoms in total. The van der Waals surface area contributed by atoms with E-state index in [0.717, 1.165) is 0 Å². The zero-order valence-electron chi connectivity index (χ0n) is 5.78. The second kappa shape index (κ2) is 3.82. The molecule has 0 aliphatic rings. The highest BCUT2D eigenvalue weighted by Crippen LogP contribution is 2.35. The van der Waals surface area contributed by atoms with Crippen LogP contribution in [0.1, 0.15) is 0 Å². The van der Waals surface area contributed by atoms with E-state index in [-0.39, 0.29) is 0 Å². The predicted molar refractivity (Wildman–Crippen MR) is 29.7 cm³/mol.